The van der Waals surface area contributed by atoms with Gasteiger partial charge in [0.25, 0.3) is 0 Å². The van der Waals surface area contributed by atoms with Crippen LogP contribution in [0.25, 0.3) is 5.70 Å². The number of rotatable bonds is 5. The summed E-state index contributed by atoms with van der Waals surface area (Å²) in [5.41, 5.74) is 2.10. The van der Waals surface area contributed by atoms with Gasteiger partial charge in [-0.15, -0.1) is 0 Å². The Balaban J connectivity index is 2.55. The van der Waals surface area contributed by atoms with Crippen molar-refractivity contribution in [3.8, 4) is 0 Å². The van der Waals surface area contributed by atoms with Crippen LogP contribution < -0.4 is 10.6 Å². The number of nitrogens with one attached hydrogen (secondary N) is 2. The van der Waals surface area contributed by atoms with Crippen LogP contribution in [0.15, 0.2) is 23.5 Å². The van der Waals surface area contributed by atoms with Crippen molar-refractivity contribution in [3.05, 3.63) is 34.9 Å². The summed E-state index contributed by atoms with van der Waals surface area (Å²) in [7, 11) is -3.37. The second-order valence-corrected chi connectivity index (χ2v) is 7.02. The molecule has 0 aromatic heterocycles. The molecule has 1 aromatic rings. The normalized spacial score (nSPS) is 17.1. The van der Waals surface area contributed by atoms with Crippen molar-refractivity contribution in [2.24, 2.45) is 0 Å². The molecule has 0 fully saturated rings. The molecular weight excluding hydrogens is 306 g/mol. The van der Waals surface area contributed by atoms with Gasteiger partial charge in [-0.25, -0.2) is 4.39 Å². The average molecular weight is 328 g/mol. The number of anilines is 1. The number of hydrogen-bond donors (Lipinski definition) is 2. The van der Waals surface area contributed by atoms with Gasteiger partial charge in [-0.05, 0) is 39.0 Å². The lowest BCUT2D eigenvalue weighted by molar-refractivity contribution is 0.226. The SMILES string of the molecule is CCOP(=O)(OCC)C(C)=C1NCCNc2cc(F)ccc21. The van der Waals surface area contributed by atoms with Crippen LogP contribution in [0.4, 0.5) is 10.1 Å². The van der Waals surface area contributed by atoms with Crippen molar-refractivity contribution in [2.45, 2.75) is 20.8 Å². The largest absolute Gasteiger partial charge is 0.383 e. The smallest absolute Gasteiger partial charge is 0.359 e. The van der Waals surface area contributed by atoms with E-state index in [0.29, 0.717) is 29.8 Å². The Kier molecular flexibility index (Phi) is 5.62. The first-order valence-corrected chi connectivity index (χ1v) is 8.94. The molecule has 1 aliphatic rings. The van der Waals surface area contributed by atoms with E-state index in [1.54, 1.807) is 26.8 Å². The Morgan fingerprint density at radius 3 is 2.50 bits per heavy atom. The lowest BCUT2D eigenvalue weighted by Crippen LogP contribution is -2.18. The van der Waals surface area contributed by atoms with Crippen molar-refractivity contribution < 1.29 is 18.0 Å². The minimum atomic E-state index is -3.37. The molecule has 0 bridgehead atoms. The third-order valence-electron chi connectivity index (χ3n) is 3.36. The van der Waals surface area contributed by atoms with Crippen LogP contribution in [0.5, 0.6) is 0 Å². The standard InChI is InChI=1S/C15H22FN2O3P/c1-4-20-22(19,21-5-2)11(3)15-13-7-6-12(16)10-14(13)17-8-9-18-15/h6-7,10,17-18H,4-5,8-9H2,1-3H3. The molecule has 7 heteroatoms. The Morgan fingerprint density at radius 2 is 1.86 bits per heavy atom. The highest BCUT2D eigenvalue weighted by molar-refractivity contribution is 7.58. The zero-order valence-electron chi connectivity index (χ0n) is 13.1. The Bertz CT molecular complexity index is 609. The molecule has 0 radical (unpaired) electrons. The molecule has 122 valence electrons. The van der Waals surface area contributed by atoms with E-state index in [0.717, 1.165) is 5.56 Å². The zero-order chi connectivity index (χ0) is 16.2. The molecule has 0 aliphatic carbocycles. The molecule has 1 heterocycles. The molecule has 1 aromatic carbocycles. The fourth-order valence-electron chi connectivity index (χ4n) is 2.39. The van der Waals surface area contributed by atoms with Gasteiger partial charge in [0.05, 0.1) is 24.2 Å². The Hall–Kier alpha value is -1.36. The molecule has 2 rings (SSSR count). The van der Waals surface area contributed by atoms with Crippen LogP contribution in [-0.4, -0.2) is 26.3 Å². The molecule has 0 unspecified atom stereocenters. The fourth-order valence-corrected chi connectivity index (χ4v) is 4.01. The van der Waals surface area contributed by atoms with Crippen molar-refractivity contribution in [1.29, 1.82) is 0 Å². The Morgan fingerprint density at radius 1 is 1.23 bits per heavy atom. The van der Waals surface area contributed by atoms with Gasteiger partial charge in [0.2, 0.25) is 0 Å². The molecule has 0 spiro atoms. The van der Waals surface area contributed by atoms with E-state index in [2.05, 4.69) is 10.6 Å². The summed E-state index contributed by atoms with van der Waals surface area (Å²) in [5, 5.41) is 6.91. The number of hydrogen-bond acceptors (Lipinski definition) is 5. The number of halogens is 1. The number of allylic oxidation sites excluding steroid dienone is 1. The van der Waals surface area contributed by atoms with Crippen molar-refractivity contribution in [1.82, 2.24) is 5.32 Å². The summed E-state index contributed by atoms with van der Waals surface area (Å²) in [6.07, 6.45) is 0. The summed E-state index contributed by atoms with van der Waals surface area (Å²) in [6, 6.07) is 4.48. The highest BCUT2D eigenvalue weighted by Crippen LogP contribution is 2.58. The van der Waals surface area contributed by atoms with Crippen molar-refractivity contribution >= 4 is 19.0 Å². The fraction of sp³-hybridized carbons (Fsp3) is 0.467. The van der Waals surface area contributed by atoms with Crippen LogP contribution in [-0.2, 0) is 13.6 Å². The first-order chi connectivity index (χ1) is 10.5. The third-order valence-corrected chi connectivity index (χ3v) is 5.61. The summed E-state index contributed by atoms with van der Waals surface area (Å²) >= 11 is 0. The predicted octanol–water partition coefficient (Wildman–Crippen LogP) is 3.80. The van der Waals surface area contributed by atoms with E-state index in [9.17, 15) is 8.96 Å². The van der Waals surface area contributed by atoms with Gasteiger partial charge in [-0.1, -0.05) is 0 Å². The second kappa shape index (κ2) is 7.27. The minimum Gasteiger partial charge on any atom is -0.383 e. The quantitative estimate of drug-likeness (QED) is 0.805. The molecule has 0 atom stereocenters. The third kappa shape index (κ3) is 3.51. The zero-order valence-corrected chi connectivity index (χ0v) is 14.0. The van der Waals surface area contributed by atoms with Gasteiger partial charge >= 0.3 is 7.60 Å². The van der Waals surface area contributed by atoms with Gasteiger partial charge in [-0.2, -0.15) is 0 Å². The van der Waals surface area contributed by atoms with E-state index < -0.39 is 7.60 Å². The lowest BCUT2D eigenvalue weighted by atomic mass is 10.1. The van der Waals surface area contributed by atoms with Crippen LogP contribution in [0.1, 0.15) is 26.3 Å². The van der Waals surface area contributed by atoms with Crippen LogP contribution in [0.3, 0.4) is 0 Å². The first-order valence-electron chi connectivity index (χ1n) is 7.40. The highest BCUT2D eigenvalue weighted by atomic mass is 31.2. The van der Waals surface area contributed by atoms with Gasteiger partial charge in [0.1, 0.15) is 5.82 Å². The average Bonchev–Trinajstić information content (AvgIpc) is 2.68. The molecule has 0 amide bonds. The lowest BCUT2D eigenvalue weighted by Gasteiger charge is -2.21. The molecule has 1 aliphatic heterocycles. The summed E-state index contributed by atoms with van der Waals surface area (Å²) in [6.45, 7) is 7.12. The van der Waals surface area contributed by atoms with E-state index in [1.165, 1.54) is 12.1 Å². The van der Waals surface area contributed by atoms with Gasteiger partial charge < -0.3 is 19.7 Å². The van der Waals surface area contributed by atoms with Gasteiger partial charge in [0, 0.05) is 24.3 Å². The van der Waals surface area contributed by atoms with Crippen molar-refractivity contribution in [2.75, 3.05) is 31.6 Å². The molecule has 2 N–H and O–H groups in total. The van der Waals surface area contributed by atoms with Crippen LogP contribution >= 0.6 is 7.60 Å². The summed E-state index contributed by atoms with van der Waals surface area (Å²) in [5.74, 6) is -0.317. The van der Waals surface area contributed by atoms with Gasteiger partial charge in [0.15, 0.2) is 0 Å². The summed E-state index contributed by atoms with van der Waals surface area (Å²) < 4.78 is 37.2. The van der Waals surface area contributed by atoms with E-state index in [-0.39, 0.29) is 19.0 Å². The molecule has 0 saturated carbocycles. The number of fused-ring (bicyclic) bond motifs is 1. The second-order valence-electron chi connectivity index (χ2n) is 4.84. The maximum atomic E-state index is 13.5. The molecule has 0 saturated heterocycles. The van der Waals surface area contributed by atoms with E-state index in [1.807, 2.05) is 0 Å². The highest BCUT2D eigenvalue weighted by Gasteiger charge is 2.31. The maximum Gasteiger partial charge on any atom is 0.359 e. The monoisotopic (exact) mass is 328 g/mol. The van der Waals surface area contributed by atoms with Crippen LogP contribution in [0, 0.1) is 5.82 Å². The van der Waals surface area contributed by atoms with E-state index >= 15 is 0 Å². The summed E-state index contributed by atoms with van der Waals surface area (Å²) in [4.78, 5) is 0. The maximum absolute atomic E-state index is 13.5. The number of benzene rings is 1. The predicted molar refractivity (Wildman–Crippen MR) is 86.3 cm³/mol. The molecule has 5 nitrogen and oxygen atoms in total. The van der Waals surface area contributed by atoms with Gasteiger partial charge in [-0.3, -0.25) is 4.57 Å². The topological polar surface area (TPSA) is 59.6 Å². The Labute approximate surface area is 130 Å². The first kappa shape index (κ1) is 17.0. The molecular formula is C15H22FN2O3P. The van der Waals surface area contributed by atoms with Crippen LogP contribution in [0.2, 0.25) is 0 Å². The molecule has 22 heavy (non-hydrogen) atoms. The van der Waals surface area contributed by atoms with Crippen molar-refractivity contribution in [3.63, 3.8) is 0 Å². The van der Waals surface area contributed by atoms with E-state index in [4.69, 9.17) is 9.05 Å². The minimum absolute atomic E-state index is 0.288.